The third kappa shape index (κ3) is 4.75. The Bertz CT molecular complexity index is 760. The maximum absolute atomic E-state index is 12.6. The molecule has 2 fully saturated rings. The fraction of sp³-hybridized carbons (Fsp3) is 0.524. The lowest BCUT2D eigenvalue weighted by Crippen LogP contribution is -2.53. The molecule has 1 aliphatic carbocycles. The van der Waals surface area contributed by atoms with E-state index in [1.165, 1.54) is 18.4 Å². The lowest BCUT2D eigenvalue weighted by Gasteiger charge is -2.37. The van der Waals surface area contributed by atoms with Crippen LogP contribution in [-0.2, 0) is 11.3 Å². The van der Waals surface area contributed by atoms with E-state index in [0.29, 0.717) is 18.2 Å². The number of amides is 1. The van der Waals surface area contributed by atoms with E-state index in [1.54, 1.807) is 11.3 Å². The summed E-state index contributed by atoms with van der Waals surface area (Å²) in [6.07, 6.45) is 3.27. The van der Waals surface area contributed by atoms with Gasteiger partial charge in [0, 0.05) is 30.9 Å². The minimum Gasteiger partial charge on any atom is -0.373 e. The third-order valence-corrected chi connectivity index (χ3v) is 6.32. The number of thiazole rings is 1. The number of hydrogen-bond donors (Lipinski definition) is 1. The third-order valence-electron chi connectivity index (χ3n) is 5.31. The van der Waals surface area contributed by atoms with Crippen LogP contribution in [0.4, 0.5) is 0 Å². The molecule has 0 spiro atoms. The first-order chi connectivity index (χ1) is 13.2. The molecule has 1 amide bonds. The Morgan fingerprint density at radius 3 is 2.93 bits per heavy atom. The minimum atomic E-state index is -0.0752. The zero-order valence-corrected chi connectivity index (χ0v) is 16.6. The molecule has 1 saturated carbocycles. The van der Waals surface area contributed by atoms with Crippen LogP contribution in [0.3, 0.4) is 0 Å². The molecule has 2 heterocycles. The molecule has 1 aliphatic heterocycles. The van der Waals surface area contributed by atoms with E-state index in [1.807, 2.05) is 11.4 Å². The van der Waals surface area contributed by atoms with E-state index in [-0.39, 0.29) is 18.1 Å². The number of nitrogens with zero attached hydrogens (tertiary/aromatic N) is 2. The minimum absolute atomic E-state index is 0.00199. The highest BCUT2D eigenvalue weighted by molar-refractivity contribution is 7.10. The van der Waals surface area contributed by atoms with Gasteiger partial charge in [0.15, 0.2) is 0 Å². The highest BCUT2D eigenvalue weighted by Crippen LogP contribution is 2.41. The topological polar surface area (TPSA) is 54.5 Å². The fourth-order valence-electron chi connectivity index (χ4n) is 3.57. The summed E-state index contributed by atoms with van der Waals surface area (Å²) in [5.41, 5.74) is 1.86. The van der Waals surface area contributed by atoms with Gasteiger partial charge in [-0.3, -0.25) is 9.69 Å². The van der Waals surface area contributed by atoms with Crippen LogP contribution < -0.4 is 5.32 Å². The Morgan fingerprint density at radius 1 is 1.37 bits per heavy atom. The van der Waals surface area contributed by atoms with Crippen molar-refractivity contribution in [3.05, 3.63) is 52.0 Å². The Balaban J connectivity index is 1.35. The molecule has 0 bridgehead atoms. The van der Waals surface area contributed by atoms with Gasteiger partial charge < -0.3 is 10.1 Å². The molecule has 2 aromatic rings. The van der Waals surface area contributed by atoms with Gasteiger partial charge in [0.1, 0.15) is 5.69 Å². The van der Waals surface area contributed by atoms with Gasteiger partial charge in [-0.2, -0.15) is 0 Å². The number of nitrogens with one attached hydrogen (secondary N) is 1. The van der Waals surface area contributed by atoms with Crippen molar-refractivity contribution in [1.82, 2.24) is 15.2 Å². The Hall–Kier alpha value is -1.76. The van der Waals surface area contributed by atoms with Gasteiger partial charge >= 0.3 is 0 Å². The molecule has 1 aromatic carbocycles. The highest BCUT2D eigenvalue weighted by atomic mass is 32.1. The Kier molecular flexibility index (Phi) is 5.86. The second-order valence-electron chi connectivity index (χ2n) is 7.46. The largest absolute Gasteiger partial charge is 0.373 e. The smallest absolute Gasteiger partial charge is 0.271 e. The average Bonchev–Trinajstić information content (AvgIpc) is 3.43. The van der Waals surface area contributed by atoms with Crippen molar-refractivity contribution in [2.45, 2.75) is 50.8 Å². The summed E-state index contributed by atoms with van der Waals surface area (Å²) in [7, 11) is 0. The SMILES string of the molecule is CC[C@H](NC(=O)c1csc(C2CC2)n1)[C@@H]1CN(Cc2ccccc2)CCO1. The summed E-state index contributed by atoms with van der Waals surface area (Å²) in [4.78, 5) is 19.6. The Labute approximate surface area is 164 Å². The van der Waals surface area contributed by atoms with Gasteiger partial charge in [-0.15, -0.1) is 11.3 Å². The molecule has 4 rings (SSSR count). The van der Waals surface area contributed by atoms with E-state index in [9.17, 15) is 4.79 Å². The number of morpholine rings is 1. The van der Waals surface area contributed by atoms with Crippen LogP contribution in [0.2, 0.25) is 0 Å². The lowest BCUT2D eigenvalue weighted by molar-refractivity contribution is -0.0483. The van der Waals surface area contributed by atoms with E-state index in [4.69, 9.17) is 4.74 Å². The summed E-state index contributed by atoms with van der Waals surface area (Å²) >= 11 is 1.61. The monoisotopic (exact) mass is 385 g/mol. The van der Waals surface area contributed by atoms with Crippen LogP contribution in [0.1, 0.15) is 53.2 Å². The molecule has 27 heavy (non-hydrogen) atoms. The van der Waals surface area contributed by atoms with Crippen molar-refractivity contribution >= 4 is 17.2 Å². The molecule has 0 radical (unpaired) electrons. The molecule has 1 N–H and O–H groups in total. The van der Waals surface area contributed by atoms with Crippen LogP contribution in [0.15, 0.2) is 35.7 Å². The molecule has 1 saturated heterocycles. The molecule has 6 heteroatoms. The second kappa shape index (κ2) is 8.50. The van der Waals surface area contributed by atoms with Gasteiger partial charge in [-0.05, 0) is 24.8 Å². The van der Waals surface area contributed by atoms with Crippen LogP contribution >= 0.6 is 11.3 Å². The van der Waals surface area contributed by atoms with Gasteiger partial charge in [-0.1, -0.05) is 37.3 Å². The maximum atomic E-state index is 12.6. The highest BCUT2D eigenvalue weighted by Gasteiger charge is 2.30. The van der Waals surface area contributed by atoms with E-state index < -0.39 is 0 Å². The lowest BCUT2D eigenvalue weighted by atomic mass is 10.1. The standard InChI is InChI=1S/C21H27N3O2S/c1-2-17(22-20(25)18-14-27-21(23-18)16-8-9-16)19-13-24(10-11-26-19)12-15-6-4-3-5-7-15/h3-7,14,16-17,19H,2,8-13H2,1H3,(H,22,25)/t17-,19-/m0/s1. The van der Waals surface area contributed by atoms with Crippen molar-refractivity contribution in [3.8, 4) is 0 Å². The number of benzene rings is 1. The van der Waals surface area contributed by atoms with Crippen LogP contribution in [0, 0.1) is 0 Å². The first kappa shape index (κ1) is 18.6. The van der Waals surface area contributed by atoms with Crippen LogP contribution in [0.25, 0.3) is 0 Å². The van der Waals surface area contributed by atoms with Crippen molar-refractivity contribution in [1.29, 1.82) is 0 Å². The van der Waals surface area contributed by atoms with Gasteiger partial charge in [0.2, 0.25) is 0 Å². The summed E-state index contributed by atoms with van der Waals surface area (Å²) in [5, 5.41) is 6.16. The zero-order valence-electron chi connectivity index (χ0n) is 15.8. The summed E-state index contributed by atoms with van der Waals surface area (Å²) in [6.45, 7) is 5.47. The van der Waals surface area contributed by atoms with Crippen LogP contribution in [0.5, 0.6) is 0 Å². The number of ether oxygens (including phenoxy) is 1. The number of rotatable bonds is 7. The van der Waals surface area contributed by atoms with Crippen molar-refractivity contribution in [2.75, 3.05) is 19.7 Å². The molecule has 144 valence electrons. The molecule has 0 unspecified atom stereocenters. The van der Waals surface area contributed by atoms with Gasteiger partial charge in [0.25, 0.3) is 5.91 Å². The molecular weight excluding hydrogens is 358 g/mol. The van der Waals surface area contributed by atoms with E-state index in [2.05, 4.69) is 46.4 Å². The first-order valence-corrected chi connectivity index (χ1v) is 10.7. The average molecular weight is 386 g/mol. The van der Waals surface area contributed by atoms with Gasteiger partial charge in [0.05, 0.1) is 23.8 Å². The van der Waals surface area contributed by atoms with E-state index in [0.717, 1.165) is 31.1 Å². The molecular formula is C21H27N3O2S. The fourth-order valence-corrected chi connectivity index (χ4v) is 4.54. The van der Waals surface area contributed by atoms with Crippen molar-refractivity contribution in [2.24, 2.45) is 0 Å². The molecule has 2 aliphatic rings. The normalized spacial score (nSPS) is 21.7. The predicted molar refractivity (Wildman–Crippen MR) is 107 cm³/mol. The predicted octanol–water partition coefficient (Wildman–Crippen LogP) is 3.43. The molecule has 1 aromatic heterocycles. The number of aromatic nitrogens is 1. The summed E-state index contributed by atoms with van der Waals surface area (Å²) in [6, 6.07) is 10.5. The van der Waals surface area contributed by atoms with E-state index >= 15 is 0 Å². The quantitative estimate of drug-likeness (QED) is 0.793. The van der Waals surface area contributed by atoms with Crippen LogP contribution in [-0.4, -0.2) is 47.6 Å². The first-order valence-electron chi connectivity index (χ1n) is 9.87. The summed E-state index contributed by atoms with van der Waals surface area (Å²) < 4.78 is 6.01. The summed E-state index contributed by atoms with van der Waals surface area (Å²) in [5.74, 6) is 0.514. The zero-order chi connectivity index (χ0) is 18.6. The second-order valence-corrected chi connectivity index (χ2v) is 8.35. The number of carbonyl (C=O) groups excluding carboxylic acids is 1. The molecule has 5 nitrogen and oxygen atoms in total. The number of hydrogen-bond acceptors (Lipinski definition) is 5. The Morgan fingerprint density at radius 2 is 2.19 bits per heavy atom. The molecule has 2 atom stereocenters. The maximum Gasteiger partial charge on any atom is 0.271 e. The van der Waals surface area contributed by atoms with Crippen molar-refractivity contribution in [3.63, 3.8) is 0 Å². The van der Waals surface area contributed by atoms with Crippen molar-refractivity contribution < 1.29 is 9.53 Å². The van der Waals surface area contributed by atoms with Gasteiger partial charge in [-0.25, -0.2) is 4.98 Å². The number of carbonyl (C=O) groups is 1.